The number of carbonyl (C=O) groups is 1. The lowest BCUT2D eigenvalue weighted by atomic mass is 10.2. The fourth-order valence-electron chi connectivity index (χ4n) is 3.36. The zero-order valence-electron chi connectivity index (χ0n) is 17.4. The van der Waals surface area contributed by atoms with Crippen LogP contribution >= 0.6 is 11.8 Å². The van der Waals surface area contributed by atoms with Gasteiger partial charge in [0.25, 0.3) is 0 Å². The molecule has 3 heterocycles. The molecule has 1 aliphatic rings. The number of thioether (sulfide) groups is 1. The Kier molecular flexibility index (Phi) is 7.16. The molecular formula is C22H25N5O3S. The highest BCUT2D eigenvalue weighted by Gasteiger charge is 2.19. The van der Waals surface area contributed by atoms with E-state index in [1.807, 2.05) is 47.9 Å². The third-order valence-electron chi connectivity index (χ3n) is 4.86. The molecule has 2 aromatic heterocycles. The lowest BCUT2D eigenvalue weighted by Crippen LogP contribution is -2.32. The van der Waals surface area contributed by atoms with Crippen molar-refractivity contribution in [2.45, 2.75) is 31.0 Å². The fraction of sp³-hybridized carbons (Fsp3) is 0.364. The molecule has 1 aromatic carbocycles. The summed E-state index contributed by atoms with van der Waals surface area (Å²) in [6.45, 7) is 3.88. The Labute approximate surface area is 185 Å². The summed E-state index contributed by atoms with van der Waals surface area (Å²) in [5, 5.41) is 12.3. The van der Waals surface area contributed by atoms with Crippen LogP contribution in [0, 0.1) is 0 Å². The predicted octanol–water partition coefficient (Wildman–Crippen LogP) is 3.12. The van der Waals surface area contributed by atoms with Crippen LogP contribution in [0.15, 0.2) is 53.9 Å². The first kappa shape index (κ1) is 21.3. The van der Waals surface area contributed by atoms with Gasteiger partial charge in [0.2, 0.25) is 5.91 Å². The van der Waals surface area contributed by atoms with E-state index in [9.17, 15) is 4.79 Å². The Bertz CT molecular complexity index is 988. The van der Waals surface area contributed by atoms with Crippen molar-refractivity contribution >= 4 is 17.7 Å². The van der Waals surface area contributed by atoms with E-state index in [-0.39, 0.29) is 17.8 Å². The van der Waals surface area contributed by atoms with Crippen LogP contribution in [0.4, 0.5) is 0 Å². The molecule has 0 radical (unpaired) electrons. The van der Waals surface area contributed by atoms with E-state index in [0.717, 1.165) is 36.4 Å². The highest BCUT2D eigenvalue weighted by atomic mass is 32.2. The lowest BCUT2D eigenvalue weighted by molar-refractivity contribution is -0.119. The van der Waals surface area contributed by atoms with Crippen molar-refractivity contribution in [1.29, 1.82) is 0 Å². The van der Waals surface area contributed by atoms with Crippen molar-refractivity contribution in [3.05, 3.63) is 48.8 Å². The minimum atomic E-state index is -0.0489. The van der Waals surface area contributed by atoms with E-state index in [4.69, 9.17) is 9.47 Å². The molecule has 0 saturated carbocycles. The second-order valence-corrected chi connectivity index (χ2v) is 7.97. The van der Waals surface area contributed by atoms with Gasteiger partial charge in [0.15, 0.2) is 11.0 Å². The number of benzene rings is 1. The zero-order chi connectivity index (χ0) is 21.5. The van der Waals surface area contributed by atoms with Crippen LogP contribution in [0.25, 0.3) is 17.1 Å². The number of amides is 1. The molecule has 4 rings (SSSR count). The number of carbonyl (C=O) groups excluding carboxylic acids is 1. The molecule has 0 spiro atoms. The van der Waals surface area contributed by atoms with Crippen molar-refractivity contribution in [1.82, 2.24) is 25.1 Å². The smallest absolute Gasteiger partial charge is 0.230 e. The molecule has 0 aliphatic carbocycles. The Morgan fingerprint density at radius 3 is 2.74 bits per heavy atom. The average Bonchev–Trinajstić information content (AvgIpc) is 3.48. The molecular weight excluding hydrogens is 414 g/mol. The number of nitrogens with one attached hydrogen (secondary N) is 1. The largest absolute Gasteiger partial charge is 0.494 e. The summed E-state index contributed by atoms with van der Waals surface area (Å²) < 4.78 is 13.1. The summed E-state index contributed by atoms with van der Waals surface area (Å²) in [4.78, 5) is 16.4. The molecule has 31 heavy (non-hydrogen) atoms. The Morgan fingerprint density at radius 2 is 2.03 bits per heavy atom. The molecule has 162 valence electrons. The van der Waals surface area contributed by atoms with E-state index in [2.05, 4.69) is 20.5 Å². The van der Waals surface area contributed by atoms with Gasteiger partial charge in [0, 0.05) is 36.8 Å². The van der Waals surface area contributed by atoms with Gasteiger partial charge in [-0.15, -0.1) is 10.2 Å². The van der Waals surface area contributed by atoms with Crippen LogP contribution < -0.4 is 10.1 Å². The van der Waals surface area contributed by atoms with E-state index in [0.29, 0.717) is 24.1 Å². The van der Waals surface area contributed by atoms with Crippen LogP contribution in [-0.2, 0) is 9.53 Å². The summed E-state index contributed by atoms with van der Waals surface area (Å²) in [6.07, 6.45) is 5.61. The quantitative estimate of drug-likeness (QED) is 0.512. The maximum Gasteiger partial charge on any atom is 0.230 e. The highest BCUT2D eigenvalue weighted by molar-refractivity contribution is 7.99. The fourth-order valence-corrected chi connectivity index (χ4v) is 4.14. The summed E-state index contributed by atoms with van der Waals surface area (Å²) >= 11 is 1.35. The van der Waals surface area contributed by atoms with Gasteiger partial charge >= 0.3 is 0 Å². The molecule has 1 aliphatic heterocycles. The van der Waals surface area contributed by atoms with E-state index >= 15 is 0 Å². The molecule has 1 N–H and O–H groups in total. The van der Waals surface area contributed by atoms with Crippen molar-refractivity contribution in [2.75, 3.05) is 25.5 Å². The molecule has 1 fully saturated rings. The van der Waals surface area contributed by atoms with Crippen molar-refractivity contribution in [3.63, 3.8) is 0 Å². The summed E-state index contributed by atoms with van der Waals surface area (Å²) in [7, 11) is 0. The summed E-state index contributed by atoms with van der Waals surface area (Å²) in [6, 6.07) is 11.5. The third kappa shape index (κ3) is 5.42. The van der Waals surface area contributed by atoms with Crippen LogP contribution in [0.1, 0.15) is 19.8 Å². The molecule has 0 unspecified atom stereocenters. The normalized spacial score (nSPS) is 15.7. The Balaban J connectivity index is 1.52. The zero-order valence-corrected chi connectivity index (χ0v) is 18.2. The van der Waals surface area contributed by atoms with Crippen LogP contribution in [-0.4, -0.2) is 57.3 Å². The Hall–Kier alpha value is -2.91. The van der Waals surface area contributed by atoms with Crippen LogP contribution in [0.2, 0.25) is 0 Å². The van der Waals surface area contributed by atoms with Gasteiger partial charge in [-0.05, 0) is 56.2 Å². The Morgan fingerprint density at radius 1 is 1.23 bits per heavy atom. The monoisotopic (exact) mass is 439 g/mol. The van der Waals surface area contributed by atoms with Crippen LogP contribution in [0.3, 0.4) is 0 Å². The van der Waals surface area contributed by atoms with Crippen LogP contribution in [0.5, 0.6) is 5.75 Å². The topological polar surface area (TPSA) is 91.2 Å². The molecule has 0 bridgehead atoms. The van der Waals surface area contributed by atoms with Gasteiger partial charge in [-0.1, -0.05) is 11.8 Å². The molecule has 1 saturated heterocycles. The maximum absolute atomic E-state index is 12.3. The molecule has 3 aromatic rings. The molecule has 1 amide bonds. The second kappa shape index (κ2) is 10.4. The first-order valence-electron chi connectivity index (χ1n) is 10.3. The summed E-state index contributed by atoms with van der Waals surface area (Å²) in [5.74, 6) is 1.69. The standard InChI is InChI=1S/C22H25N5O3S/c1-2-29-18-7-5-17(6-8-18)27-21(16-9-11-23-12-10-16)25-26-22(27)31-15-20(28)24-14-19-4-3-13-30-19/h5-12,19H,2-4,13-15H2,1H3,(H,24,28)/t19-/m1/s1. The van der Waals surface area contributed by atoms with Gasteiger partial charge < -0.3 is 14.8 Å². The molecule has 1 atom stereocenters. The SMILES string of the molecule is CCOc1ccc(-n2c(SCC(=O)NC[C@H]3CCCO3)nnc2-c2ccncc2)cc1. The molecule has 9 heteroatoms. The van der Waals surface area contributed by atoms with Gasteiger partial charge in [0.1, 0.15) is 5.75 Å². The minimum absolute atomic E-state index is 0.0489. The van der Waals surface area contributed by atoms with E-state index in [1.54, 1.807) is 12.4 Å². The van der Waals surface area contributed by atoms with Crippen molar-refractivity contribution in [3.8, 4) is 22.8 Å². The number of aromatic nitrogens is 4. The average molecular weight is 440 g/mol. The van der Waals surface area contributed by atoms with E-state index < -0.39 is 0 Å². The predicted molar refractivity (Wildman–Crippen MR) is 118 cm³/mol. The number of nitrogens with zero attached hydrogens (tertiary/aromatic N) is 4. The lowest BCUT2D eigenvalue weighted by Gasteiger charge is -2.12. The van der Waals surface area contributed by atoms with Gasteiger partial charge in [0.05, 0.1) is 18.5 Å². The number of rotatable bonds is 9. The maximum atomic E-state index is 12.3. The van der Waals surface area contributed by atoms with Gasteiger partial charge in [-0.25, -0.2) is 0 Å². The highest BCUT2D eigenvalue weighted by Crippen LogP contribution is 2.28. The molecule has 8 nitrogen and oxygen atoms in total. The third-order valence-corrected chi connectivity index (χ3v) is 5.79. The number of hydrogen-bond donors (Lipinski definition) is 1. The van der Waals surface area contributed by atoms with Crippen molar-refractivity contribution < 1.29 is 14.3 Å². The van der Waals surface area contributed by atoms with Crippen molar-refractivity contribution in [2.24, 2.45) is 0 Å². The first-order valence-corrected chi connectivity index (χ1v) is 11.3. The second-order valence-electron chi connectivity index (χ2n) is 7.03. The first-order chi connectivity index (χ1) is 15.2. The van der Waals surface area contributed by atoms with Gasteiger partial charge in [-0.3, -0.25) is 14.3 Å². The number of hydrogen-bond acceptors (Lipinski definition) is 7. The minimum Gasteiger partial charge on any atom is -0.494 e. The number of ether oxygens (including phenoxy) is 2. The van der Waals surface area contributed by atoms with Gasteiger partial charge in [-0.2, -0.15) is 0 Å². The summed E-state index contributed by atoms with van der Waals surface area (Å²) in [5.41, 5.74) is 1.79. The van der Waals surface area contributed by atoms with E-state index in [1.165, 1.54) is 11.8 Å². The number of pyridine rings is 1.